The van der Waals surface area contributed by atoms with Gasteiger partial charge >= 0.3 is 28.5 Å². The number of carbonyl (C=O) groups excluding carboxylic acids is 6. The first kappa shape index (κ1) is 56.1. The van der Waals surface area contributed by atoms with E-state index in [-0.39, 0.29) is 45.3 Å². The molecule has 23 nitrogen and oxygen atoms in total. The molecular formula is C51H61N9O14S2. The molecule has 4 heterocycles. The van der Waals surface area contributed by atoms with Gasteiger partial charge < -0.3 is 45.1 Å². The summed E-state index contributed by atoms with van der Waals surface area (Å²) in [5, 5.41) is 12.9. The van der Waals surface area contributed by atoms with Crippen molar-refractivity contribution in [2.45, 2.75) is 109 Å². The van der Waals surface area contributed by atoms with E-state index in [9.17, 15) is 41.7 Å². The number of likely N-dealkylation sites (tertiary alicyclic amines) is 1. The van der Waals surface area contributed by atoms with Crippen molar-refractivity contribution in [2.75, 3.05) is 31.6 Å². The number of nitrogens with two attached hydrogens (primary N) is 1. The molecule has 6 N–H and O–H groups in total. The minimum atomic E-state index is -5.13. The minimum Gasteiger partial charge on any atom is -0.489 e. The fourth-order valence-corrected chi connectivity index (χ4v) is 9.87. The molecule has 3 aliphatic heterocycles. The fraction of sp³-hybridized carbons (Fsp3) is 0.431. The normalized spacial score (nSPS) is 19.0. The summed E-state index contributed by atoms with van der Waals surface area (Å²) >= 11 is 0.858. The third-order valence-corrected chi connectivity index (χ3v) is 13.6. The van der Waals surface area contributed by atoms with E-state index < -0.39 is 93.8 Å². The molecule has 3 aliphatic rings. The molecule has 0 bridgehead atoms. The number of oxime groups is 1. The number of aliphatic imine (C=N–C) groups is 1. The zero-order valence-corrected chi connectivity index (χ0v) is 44.3. The molecule has 4 atom stereocenters. The highest BCUT2D eigenvalue weighted by Crippen LogP contribution is 2.32. The summed E-state index contributed by atoms with van der Waals surface area (Å²) in [5.74, 6) is -3.99. The molecule has 25 heteroatoms. The van der Waals surface area contributed by atoms with Crippen molar-refractivity contribution >= 4 is 74.2 Å². The van der Waals surface area contributed by atoms with Crippen molar-refractivity contribution in [3.8, 4) is 5.75 Å². The SMILES string of the molecule is CC(C)(C)OC(=O)Nc1nc(/C(=N/O[C@@H](COc2ccc(C(N)=NC3CCN(C(=O)OC(C)(C)C)CC3)cc2)C(=O)OC(c2ccccc2)c2ccccc2)C(=O)N[C@@H]2C(=O)N(S(=O)(=O)O)[C@@H]2CC2CCNC2=O)cs1. The van der Waals surface area contributed by atoms with Gasteiger partial charge in [0, 0.05) is 36.5 Å². The van der Waals surface area contributed by atoms with Crippen LogP contribution in [-0.4, -0.2) is 136 Å². The number of aromatic nitrogens is 1. The van der Waals surface area contributed by atoms with E-state index in [1.165, 1.54) is 5.38 Å². The van der Waals surface area contributed by atoms with Crippen LogP contribution in [0.2, 0.25) is 0 Å². The topological polar surface area (TPSA) is 309 Å². The van der Waals surface area contributed by atoms with Crippen molar-refractivity contribution in [3.05, 3.63) is 113 Å². The van der Waals surface area contributed by atoms with Crippen LogP contribution in [-0.2, 0) is 48.5 Å². The zero-order chi connectivity index (χ0) is 55.0. The number of thiazole rings is 1. The number of nitrogens with one attached hydrogen (secondary N) is 3. The molecule has 0 aliphatic carbocycles. The first-order chi connectivity index (χ1) is 35.9. The molecule has 0 spiro atoms. The number of nitrogens with zero attached hydrogens (tertiary/aromatic N) is 5. The molecule has 3 aromatic carbocycles. The summed E-state index contributed by atoms with van der Waals surface area (Å²) in [5.41, 5.74) is 5.84. The molecule has 3 fully saturated rings. The summed E-state index contributed by atoms with van der Waals surface area (Å²) in [7, 11) is -5.13. The summed E-state index contributed by atoms with van der Waals surface area (Å²) in [6.07, 6.45) is -2.72. The van der Waals surface area contributed by atoms with Crippen molar-refractivity contribution < 1.29 is 65.5 Å². The highest BCUT2D eigenvalue weighted by atomic mass is 32.2. The van der Waals surface area contributed by atoms with Crippen LogP contribution in [0.5, 0.6) is 5.75 Å². The van der Waals surface area contributed by atoms with Gasteiger partial charge in [0.05, 0.1) is 12.1 Å². The average Bonchev–Trinajstić information content (AvgIpc) is 4.00. The van der Waals surface area contributed by atoms with Crippen LogP contribution in [0.3, 0.4) is 0 Å². The van der Waals surface area contributed by atoms with E-state index in [1.807, 2.05) is 20.8 Å². The number of piperidine rings is 1. The number of hydrogen-bond donors (Lipinski definition) is 5. The average molecular weight is 1090 g/mol. The lowest BCUT2D eigenvalue weighted by atomic mass is 9.88. The third kappa shape index (κ3) is 15.0. The molecule has 406 valence electrons. The van der Waals surface area contributed by atoms with Gasteiger partial charge in [-0.15, -0.1) is 11.3 Å². The molecule has 5 amide bonds. The number of carbonyl (C=O) groups is 6. The van der Waals surface area contributed by atoms with E-state index in [0.29, 0.717) is 55.6 Å². The van der Waals surface area contributed by atoms with Gasteiger partial charge in [-0.05, 0) is 103 Å². The Labute approximate surface area is 443 Å². The number of anilines is 1. The Morgan fingerprint density at radius 3 is 2.08 bits per heavy atom. The first-order valence-electron chi connectivity index (χ1n) is 24.4. The predicted molar refractivity (Wildman–Crippen MR) is 278 cm³/mol. The van der Waals surface area contributed by atoms with Crippen LogP contribution in [0.1, 0.15) is 95.7 Å². The number of β-lactam (4-membered cyclic amide) rings is 1. The molecule has 0 radical (unpaired) electrons. The standard InChI is InChI=1S/C51H61N9O14S2/c1-50(2,3)72-48(65)57-47-55-36(29-75-47)39(44(62)56-40-37(27-33-21-24-53-43(33)61)60(45(40)63)76(67,68)69)58-74-38(46(64)71-41(30-13-9-7-10-14-30)31-15-11-8-12-16-31)28-70-35-19-17-32(18-20-35)42(52)54-34-22-25-59(26-23-34)49(66)73-51(4,5)6/h7-20,29,33-34,37-38,40-41H,21-28H2,1-6H3,(H2,52,54)(H,53,61)(H,56,62)(H,55,57,65)(H,67,68,69)/b58-39-/t33?,37-,38+,40+/m1/s1. The Morgan fingerprint density at radius 2 is 1.51 bits per heavy atom. The van der Waals surface area contributed by atoms with Gasteiger partial charge in [0.15, 0.2) is 16.9 Å². The van der Waals surface area contributed by atoms with Crippen molar-refractivity contribution in [3.63, 3.8) is 0 Å². The lowest BCUT2D eigenvalue weighted by molar-refractivity contribution is -0.163. The molecular weight excluding hydrogens is 1030 g/mol. The lowest BCUT2D eigenvalue weighted by Crippen LogP contribution is -2.72. The minimum absolute atomic E-state index is 0.0577. The number of benzene rings is 3. The fourth-order valence-electron chi connectivity index (χ4n) is 8.30. The van der Waals surface area contributed by atoms with Crippen LogP contribution in [0.25, 0.3) is 0 Å². The van der Waals surface area contributed by atoms with Crippen LogP contribution in [0, 0.1) is 5.92 Å². The molecule has 3 saturated heterocycles. The second kappa shape index (κ2) is 23.9. The van der Waals surface area contributed by atoms with Gasteiger partial charge in [0.2, 0.25) is 5.91 Å². The Kier molecular flexibility index (Phi) is 17.7. The van der Waals surface area contributed by atoms with Crippen LogP contribution in [0.15, 0.2) is 100 Å². The smallest absolute Gasteiger partial charge is 0.413 e. The molecule has 1 unspecified atom stereocenters. The summed E-state index contributed by atoms with van der Waals surface area (Å²) in [6, 6.07) is 21.2. The number of esters is 1. The number of amidine groups is 1. The van der Waals surface area contributed by atoms with Gasteiger partial charge in [0.25, 0.3) is 17.9 Å². The Bertz CT molecular complexity index is 2880. The monoisotopic (exact) mass is 1090 g/mol. The number of hydrogen-bond acceptors (Lipinski definition) is 17. The number of rotatable bonds is 18. The van der Waals surface area contributed by atoms with Crippen molar-refractivity contribution in [2.24, 2.45) is 21.8 Å². The van der Waals surface area contributed by atoms with Gasteiger partial charge in [-0.3, -0.25) is 29.2 Å². The maximum absolute atomic E-state index is 14.5. The molecule has 0 saturated carbocycles. The second-order valence-corrected chi connectivity index (χ2v) is 22.2. The Morgan fingerprint density at radius 1 is 0.895 bits per heavy atom. The lowest BCUT2D eigenvalue weighted by Gasteiger charge is -2.44. The molecule has 7 rings (SSSR count). The predicted octanol–water partition coefficient (Wildman–Crippen LogP) is 5.12. The zero-order valence-electron chi connectivity index (χ0n) is 42.7. The number of ether oxygens (including phenoxy) is 4. The molecule has 76 heavy (non-hydrogen) atoms. The summed E-state index contributed by atoms with van der Waals surface area (Å²) in [4.78, 5) is 96.6. The highest BCUT2D eigenvalue weighted by Gasteiger charge is 2.55. The van der Waals surface area contributed by atoms with E-state index >= 15 is 0 Å². The maximum atomic E-state index is 14.5. The van der Waals surface area contributed by atoms with E-state index in [1.54, 1.807) is 111 Å². The molecule has 1 aromatic heterocycles. The summed E-state index contributed by atoms with van der Waals surface area (Å²) in [6.45, 7) is 11.0. The highest BCUT2D eigenvalue weighted by molar-refractivity contribution is 7.84. The Hall–Kier alpha value is -7.64. The van der Waals surface area contributed by atoms with E-state index in [0.717, 1.165) is 11.3 Å². The van der Waals surface area contributed by atoms with Gasteiger partial charge in [-0.2, -0.15) is 8.42 Å². The third-order valence-electron chi connectivity index (χ3n) is 11.9. The summed E-state index contributed by atoms with van der Waals surface area (Å²) < 4.78 is 58.0. The quantitative estimate of drug-likeness (QED) is 0.0164. The van der Waals surface area contributed by atoms with E-state index in [4.69, 9.17) is 34.5 Å². The van der Waals surface area contributed by atoms with Crippen molar-refractivity contribution in [1.82, 2.24) is 24.8 Å². The largest absolute Gasteiger partial charge is 0.489 e. The maximum Gasteiger partial charge on any atom is 0.413 e. The first-order valence-corrected chi connectivity index (χ1v) is 26.6. The number of amides is 5. The van der Waals surface area contributed by atoms with Crippen LogP contribution >= 0.6 is 11.3 Å². The molecule has 4 aromatic rings. The van der Waals surface area contributed by atoms with Crippen molar-refractivity contribution in [1.29, 1.82) is 0 Å². The Balaban J connectivity index is 1.16. The van der Waals surface area contributed by atoms with E-state index in [2.05, 4.69) is 26.1 Å². The second-order valence-electron chi connectivity index (χ2n) is 20.0. The van der Waals surface area contributed by atoms with Gasteiger partial charge in [-0.25, -0.2) is 23.7 Å². The van der Waals surface area contributed by atoms with Crippen LogP contribution in [0.4, 0.5) is 14.7 Å². The van der Waals surface area contributed by atoms with Gasteiger partial charge in [0.1, 0.15) is 41.1 Å². The van der Waals surface area contributed by atoms with Gasteiger partial charge in [-0.1, -0.05) is 65.8 Å². The van der Waals surface area contributed by atoms with Crippen LogP contribution < -0.4 is 26.4 Å².